The van der Waals surface area contributed by atoms with Crippen molar-refractivity contribution < 1.29 is 9.53 Å². The summed E-state index contributed by atoms with van der Waals surface area (Å²) in [6.45, 7) is 5.20. The minimum absolute atomic E-state index is 0.108. The zero-order valence-electron chi connectivity index (χ0n) is 9.05. The summed E-state index contributed by atoms with van der Waals surface area (Å²) < 4.78 is 4.78. The van der Waals surface area contributed by atoms with Gasteiger partial charge in [-0.05, 0) is 6.26 Å². The third kappa shape index (κ3) is 14.6. The van der Waals surface area contributed by atoms with Crippen molar-refractivity contribution in [2.24, 2.45) is 0 Å². The van der Waals surface area contributed by atoms with Gasteiger partial charge in [-0.25, -0.2) is 0 Å². The first-order valence-electron chi connectivity index (χ1n) is 4.56. The molecular formula is C9H21NO2S. The van der Waals surface area contributed by atoms with Gasteiger partial charge in [0.25, 0.3) is 0 Å². The molecule has 1 amide bonds. The Bertz CT molecular complexity index is 110. The van der Waals surface area contributed by atoms with Gasteiger partial charge < -0.3 is 10.1 Å². The van der Waals surface area contributed by atoms with Gasteiger partial charge in [-0.3, -0.25) is 4.79 Å². The van der Waals surface area contributed by atoms with Gasteiger partial charge in [0.15, 0.2) is 0 Å². The number of hydrogen-bond donors (Lipinski definition) is 1. The SMILES string of the molecule is CC.COCCNC(=O)CCSC. The van der Waals surface area contributed by atoms with E-state index in [1.165, 1.54) is 0 Å². The molecule has 0 unspecified atom stereocenters. The molecule has 80 valence electrons. The lowest BCUT2D eigenvalue weighted by atomic mass is 10.4. The van der Waals surface area contributed by atoms with Crippen molar-refractivity contribution in [2.75, 3.05) is 32.3 Å². The fraction of sp³-hybridized carbons (Fsp3) is 0.889. The van der Waals surface area contributed by atoms with Crippen molar-refractivity contribution >= 4 is 17.7 Å². The molecule has 0 aromatic heterocycles. The predicted octanol–water partition coefficient (Wildman–Crippen LogP) is 1.53. The highest BCUT2D eigenvalue weighted by Gasteiger charge is 1.97. The van der Waals surface area contributed by atoms with Gasteiger partial charge in [0, 0.05) is 25.8 Å². The van der Waals surface area contributed by atoms with Crippen molar-refractivity contribution in [1.29, 1.82) is 0 Å². The zero-order valence-corrected chi connectivity index (χ0v) is 9.87. The largest absolute Gasteiger partial charge is 0.383 e. The Balaban J connectivity index is 0. The lowest BCUT2D eigenvalue weighted by molar-refractivity contribution is -0.120. The van der Waals surface area contributed by atoms with Gasteiger partial charge in [0.05, 0.1) is 6.61 Å². The van der Waals surface area contributed by atoms with E-state index in [1.54, 1.807) is 18.9 Å². The van der Waals surface area contributed by atoms with Crippen LogP contribution in [0, 0.1) is 0 Å². The number of rotatable bonds is 6. The van der Waals surface area contributed by atoms with Crippen LogP contribution in [0.4, 0.5) is 0 Å². The maximum Gasteiger partial charge on any atom is 0.220 e. The van der Waals surface area contributed by atoms with Crippen LogP contribution in [0.25, 0.3) is 0 Å². The van der Waals surface area contributed by atoms with Gasteiger partial charge >= 0.3 is 0 Å². The summed E-state index contributed by atoms with van der Waals surface area (Å²) in [5, 5.41) is 2.74. The number of hydrogen-bond acceptors (Lipinski definition) is 3. The molecular weight excluding hydrogens is 186 g/mol. The van der Waals surface area contributed by atoms with E-state index < -0.39 is 0 Å². The van der Waals surface area contributed by atoms with Crippen molar-refractivity contribution in [2.45, 2.75) is 20.3 Å². The molecule has 0 aromatic carbocycles. The van der Waals surface area contributed by atoms with E-state index in [0.29, 0.717) is 19.6 Å². The zero-order chi connectivity index (χ0) is 10.5. The Labute approximate surface area is 85.6 Å². The Hall–Kier alpha value is -0.220. The van der Waals surface area contributed by atoms with Crippen LogP contribution in [-0.2, 0) is 9.53 Å². The molecule has 0 radical (unpaired) electrons. The molecule has 0 spiro atoms. The van der Waals surface area contributed by atoms with Gasteiger partial charge in [0.2, 0.25) is 5.91 Å². The normalized spacial score (nSPS) is 8.62. The number of carbonyl (C=O) groups excluding carboxylic acids is 1. The second-order valence-electron chi connectivity index (χ2n) is 2.09. The molecule has 1 N–H and O–H groups in total. The maximum atomic E-state index is 10.9. The highest BCUT2D eigenvalue weighted by atomic mass is 32.2. The van der Waals surface area contributed by atoms with Gasteiger partial charge in [-0.2, -0.15) is 11.8 Å². The van der Waals surface area contributed by atoms with Crippen LogP contribution in [0.3, 0.4) is 0 Å². The summed E-state index contributed by atoms with van der Waals surface area (Å²) in [5.74, 6) is 0.995. The second-order valence-corrected chi connectivity index (χ2v) is 3.07. The third-order valence-corrected chi connectivity index (χ3v) is 1.77. The summed E-state index contributed by atoms with van der Waals surface area (Å²) >= 11 is 1.68. The fourth-order valence-corrected chi connectivity index (χ4v) is 0.965. The standard InChI is InChI=1S/C7H15NO2S.C2H6/c1-10-5-4-8-7(9)3-6-11-2;1-2/h3-6H2,1-2H3,(H,8,9);1-2H3. The van der Waals surface area contributed by atoms with E-state index in [2.05, 4.69) is 5.32 Å². The summed E-state index contributed by atoms with van der Waals surface area (Å²) in [4.78, 5) is 10.9. The lowest BCUT2D eigenvalue weighted by Gasteiger charge is -2.02. The van der Waals surface area contributed by atoms with Crippen LogP contribution in [-0.4, -0.2) is 38.2 Å². The van der Waals surface area contributed by atoms with E-state index in [4.69, 9.17) is 4.74 Å². The molecule has 0 aromatic rings. The Morgan fingerprint density at radius 1 is 1.46 bits per heavy atom. The third-order valence-electron chi connectivity index (χ3n) is 1.16. The minimum Gasteiger partial charge on any atom is -0.383 e. The molecule has 0 rings (SSSR count). The average molecular weight is 207 g/mol. The average Bonchev–Trinajstić information content (AvgIpc) is 2.18. The number of amides is 1. The molecule has 0 aliphatic carbocycles. The first kappa shape index (κ1) is 15.3. The van der Waals surface area contributed by atoms with Crippen LogP contribution in [0.5, 0.6) is 0 Å². The van der Waals surface area contributed by atoms with Gasteiger partial charge in [0.1, 0.15) is 0 Å². The van der Waals surface area contributed by atoms with Crippen molar-refractivity contribution in [1.82, 2.24) is 5.32 Å². The van der Waals surface area contributed by atoms with E-state index in [-0.39, 0.29) is 5.91 Å². The number of methoxy groups -OCH3 is 1. The molecule has 0 aliphatic rings. The molecule has 3 nitrogen and oxygen atoms in total. The maximum absolute atomic E-state index is 10.9. The summed E-state index contributed by atoms with van der Waals surface area (Å²) in [6.07, 6.45) is 2.59. The predicted molar refractivity (Wildman–Crippen MR) is 59.2 cm³/mol. The van der Waals surface area contributed by atoms with Gasteiger partial charge in [-0.1, -0.05) is 13.8 Å². The molecule has 13 heavy (non-hydrogen) atoms. The molecule has 0 fully saturated rings. The molecule has 0 saturated carbocycles. The molecule has 0 heterocycles. The summed E-state index contributed by atoms with van der Waals surface area (Å²) in [7, 11) is 1.62. The Morgan fingerprint density at radius 2 is 2.08 bits per heavy atom. The van der Waals surface area contributed by atoms with E-state index in [0.717, 1.165) is 5.75 Å². The first-order chi connectivity index (χ1) is 6.31. The highest BCUT2D eigenvalue weighted by molar-refractivity contribution is 7.98. The molecule has 0 saturated heterocycles. The smallest absolute Gasteiger partial charge is 0.220 e. The number of thioether (sulfide) groups is 1. The lowest BCUT2D eigenvalue weighted by Crippen LogP contribution is -2.27. The monoisotopic (exact) mass is 207 g/mol. The molecule has 4 heteroatoms. The quantitative estimate of drug-likeness (QED) is 0.671. The summed E-state index contributed by atoms with van der Waals surface area (Å²) in [6, 6.07) is 0. The van der Waals surface area contributed by atoms with Crippen molar-refractivity contribution in [3.63, 3.8) is 0 Å². The fourth-order valence-electron chi connectivity index (χ4n) is 0.576. The topological polar surface area (TPSA) is 38.3 Å². The molecule has 0 atom stereocenters. The Morgan fingerprint density at radius 3 is 2.54 bits per heavy atom. The van der Waals surface area contributed by atoms with Crippen molar-refractivity contribution in [3.05, 3.63) is 0 Å². The summed E-state index contributed by atoms with van der Waals surface area (Å²) in [5.41, 5.74) is 0. The van der Waals surface area contributed by atoms with Crippen LogP contribution >= 0.6 is 11.8 Å². The minimum atomic E-state index is 0.108. The van der Waals surface area contributed by atoms with Crippen molar-refractivity contribution in [3.8, 4) is 0 Å². The molecule has 0 aliphatic heterocycles. The molecule has 0 bridgehead atoms. The van der Waals surface area contributed by atoms with Crippen LogP contribution < -0.4 is 5.32 Å². The number of ether oxygens (including phenoxy) is 1. The Kier molecular flexibility index (Phi) is 16.8. The second kappa shape index (κ2) is 14.3. The van der Waals surface area contributed by atoms with E-state index >= 15 is 0 Å². The van der Waals surface area contributed by atoms with Crippen LogP contribution in [0.15, 0.2) is 0 Å². The number of nitrogens with one attached hydrogen (secondary N) is 1. The van der Waals surface area contributed by atoms with Crippen LogP contribution in [0.2, 0.25) is 0 Å². The first-order valence-corrected chi connectivity index (χ1v) is 5.95. The van der Waals surface area contributed by atoms with E-state index in [9.17, 15) is 4.79 Å². The van der Waals surface area contributed by atoms with E-state index in [1.807, 2.05) is 20.1 Å². The highest BCUT2D eigenvalue weighted by Crippen LogP contribution is 1.94. The van der Waals surface area contributed by atoms with Gasteiger partial charge in [-0.15, -0.1) is 0 Å². The number of carbonyl (C=O) groups is 1. The van der Waals surface area contributed by atoms with Crippen LogP contribution in [0.1, 0.15) is 20.3 Å².